The number of nitrogen functional groups attached to an aromatic ring is 1. The number of ether oxygens (including phenoxy) is 1. The number of rotatable bonds is 2. The number of nitrogens with two attached hydrogens (primary N) is 1. The van der Waals surface area contributed by atoms with Crippen LogP contribution in [0.25, 0.3) is 0 Å². The molecule has 1 fully saturated rings. The van der Waals surface area contributed by atoms with Crippen LogP contribution < -0.4 is 5.73 Å². The minimum absolute atomic E-state index is 0.0329. The topological polar surface area (TPSA) is 96.4 Å². The van der Waals surface area contributed by atoms with Gasteiger partial charge in [0.25, 0.3) is 0 Å². The molecule has 0 aliphatic carbocycles. The van der Waals surface area contributed by atoms with Crippen LogP contribution >= 0.6 is 0 Å². The maximum absolute atomic E-state index is 12.6. The van der Waals surface area contributed by atoms with Crippen molar-refractivity contribution in [2.45, 2.75) is 24.8 Å². The summed E-state index contributed by atoms with van der Waals surface area (Å²) in [7, 11) is -3.70. The van der Waals surface area contributed by atoms with Gasteiger partial charge in [0.2, 0.25) is 10.0 Å². The summed E-state index contributed by atoms with van der Waals surface area (Å²) in [6.45, 7) is 4.19. The van der Waals surface area contributed by atoms with E-state index >= 15 is 0 Å². The molecule has 1 aliphatic rings. The summed E-state index contributed by atoms with van der Waals surface area (Å²) in [6.07, 6.45) is -0.730. The van der Waals surface area contributed by atoms with Gasteiger partial charge in [-0.1, -0.05) is 0 Å². The molecule has 20 heavy (non-hydrogen) atoms. The van der Waals surface area contributed by atoms with Gasteiger partial charge in [-0.05, 0) is 37.1 Å². The maximum atomic E-state index is 12.6. The molecule has 0 radical (unpaired) electrons. The molecule has 1 aromatic rings. The number of morpholine rings is 1. The fraction of sp³-hybridized carbons (Fsp3) is 0.462. The Morgan fingerprint density at radius 2 is 2.05 bits per heavy atom. The third-order valence-electron chi connectivity index (χ3n) is 3.42. The summed E-state index contributed by atoms with van der Waals surface area (Å²) in [6, 6.07) is 5.17. The lowest BCUT2D eigenvalue weighted by atomic mass is 10.1. The van der Waals surface area contributed by atoms with E-state index < -0.39 is 16.1 Å². The van der Waals surface area contributed by atoms with Crippen LogP contribution in [-0.2, 0) is 14.8 Å². The van der Waals surface area contributed by atoms with E-state index in [0.29, 0.717) is 0 Å². The minimum Gasteiger partial charge on any atom is -0.398 e. The van der Waals surface area contributed by atoms with Crippen LogP contribution in [0.2, 0.25) is 0 Å². The minimum atomic E-state index is -3.70. The van der Waals surface area contributed by atoms with Crippen LogP contribution in [0.15, 0.2) is 17.0 Å². The van der Waals surface area contributed by atoms with E-state index in [1.54, 1.807) is 12.1 Å². The monoisotopic (exact) mass is 295 g/mol. The van der Waals surface area contributed by atoms with Gasteiger partial charge < -0.3 is 10.5 Å². The number of benzene rings is 1. The van der Waals surface area contributed by atoms with Gasteiger partial charge in [0, 0.05) is 6.54 Å². The van der Waals surface area contributed by atoms with E-state index in [-0.39, 0.29) is 30.3 Å². The highest BCUT2D eigenvalue weighted by molar-refractivity contribution is 7.89. The Kier molecular flexibility index (Phi) is 3.99. The molecule has 7 heteroatoms. The Labute approximate surface area is 118 Å². The Balaban J connectivity index is 2.40. The zero-order valence-corrected chi connectivity index (χ0v) is 12.3. The van der Waals surface area contributed by atoms with Crippen molar-refractivity contribution in [2.24, 2.45) is 0 Å². The van der Waals surface area contributed by atoms with Gasteiger partial charge in [-0.15, -0.1) is 0 Å². The van der Waals surface area contributed by atoms with Crippen molar-refractivity contribution in [2.75, 3.05) is 25.4 Å². The second-order valence-electron chi connectivity index (χ2n) is 4.83. The summed E-state index contributed by atoms with van der Waals surface area (Å²) in [5.41, 5.74) is 7.88. The second kappa shape index (κ2) is 5.40. The van der Waals surface area contributed by atoms with Crippen molar-refractivity contribution in [1.82, 2.24) is 4.31 Å². The van der Waals surface area contributed by atoms with Crippen LogP contribution in [0.3, 0.4) is 0 Å². The first-order chi connectivity index (χ1) is 9.36. The summed E-state index contributed by atoms with van der Waals surface area (Å²) in [5, 5.41) is 8.86. The normalized spacial score (nSPS) is 20.6. The van der Waals surface area contributed by atoms with Crippen molar-refractivity contribution < 1.29 is 13.2 Å². The molecule has 1 aromatic carbocycles. The molecule has 1 heterocycles. The first-order valence-corrected chi connectivity index (χ1v) is 7.68. The van der Waals surface area contributed by atoms with E-state index in [0.717, 1.165) is 11.1 Å². The van der Waals surface area contributed by atoms with Crippen LogP contribution in [0.1, 0.15) is 11.1 Å². The van der Waals surface area contributed by atoms with Gasteiger partial charge in [0.05, 0.1) is 24.9 Å². The SMILES string of the molecule is Cc1cc(N)c(S(=O)(=O)N2CCOC(C#N)C2)cc1C. The van der Waals surface area contributed by atoms with E-state index in [1.165, 1.54) is 4.31 Å². The van der Waals surface area contributed by atoms with E-state index in [2.05, 4.69) is 0 Å². The Morgan fingerprint density at radius 1 is 1.40 bits per heavy atom. The van der Waals surface area contributed by atoms with Gasteiger partial charge in [0.1, 0.15) is 4.90 Å². The van der Waals surface area contributed by atoms with Gasteiger partial charge in [-0.3, -0.25) is 0 Å². The van der Waals surface area contributed by atoms with Gasteiger partial charge in [0.15, 0.2) is 6.10 Å². The predicted molar refractivity (Wildman–Crippen MR) is 74.4 cm³/mol. The van der Waals surface area contributed by atoms with E-state index in [9.17, 15) is 8.42 Å². The average molecular weight is 295 g/mol. The summed E-state index contributed by atoms with van der Waals surface area (Å²) < 4.78 is 31.6. The molecule has 0 amide bonds. The molecule has 1 saturated heterocycles. The molecule has 108 valence electrons. The summed E-state index contributed by atoms with van der Waals surface area (Å²) in [5.74, 6) is 0. The summed E-state index contributed by atoms with van der Waals surface area (Å²) in [4.78, 5) is 0.0965. The van der Waals surface area contributed by atoms with Crippen molar-refractivity contribution >= 4 is 15.7 Å². The van der Waals surface area contributed by atoms with Crippen molar-refractivity contribution in [3.05, 3.63) is 23.3 Å². The summed E-state index contributed by atoms with van der Waals surface area (Å²) >= 11 is 0. The highest BCUT2D eigenvalue weighted by Gasteiger charge is 2.32. The fourth-order valence-corrected chi connectivity index (χ4v) is 3.70. The van der Waals surface area contributed by atoms with Crippen LogP contribution in [0, 0.1) is 25.2 Å². The Morgan fingerprint density at radius 3 is 2.70 bits per heavy atom. The molecule has 0 bridgehead atoms. The molecule has 2 N–H and O–H groups in total. The van der Waals surface area contributed by atoms with E-state index in [1.807, 2.05) is 19.9 Å². The number of nitrogens with zero attached hydrogens (tertiary/aromatic N) is 2. The number of anilines is 1. The third-order valence-corrected chi connectivity index (χ3v) is 5.34. The molecular weight excluding hydrogens is 278 g/mol. The molecule has 1 unspecified atom stereocenters. The lowest BCUT2D eigenvalue weighted by Gasteiger charge is -2.29. The van der Waals surface area contributed by atoms with Crippen LogP contribution in [-0.4, -0.2) is 38.5 Å². The molecule has 0 spiro atoms. The number of nitriles is 1. The zero-order valence-electron chi connectivity index (χ0n) is 11.5. The highest BCUT2D eigenvalue weighted by atomic mass is 32.2. The first-order valence-electron chi connectivity index (χ1n) is 6.24. The average Bonchev–Trinajstić information content (AvgIpc) is 2.42. The molecule has 1 atom stereocenters. The van der Waals surface area contributed by atoms with Crippen molar-refractivity contribution in [1.29, 1.82) is 5.26 Å². The molecule has 1 aliphatic heterocycles. The second-order valence-corrected chi connectivity index (χ2v) is 6.73. The zero-order chi connectivity index (χ0) is 14.9. The Hall–Kier alpha value is -1.62. The quantitative estimate of drug-likeness (QED) is 0.814. The lowest BCUT2D eigenvalue weighted by molar-refractivity contribution is 0.0311. The molecule has 2 rings (SSSR count). The lowest BCUT2D eigenvalue weighted by Crippen LogP contribution is -2.45. The maximum Gasteiger partial charge on any atom is 0.245 e. The smallest absolute Gasteiger partial charge is 0.245 e. The predicted octanol–water partition coefficient (Wildman–Crippen LogP) is 0.799. The standard InChI is InChI=1S/C13H17N3O3S/c1-9-5-12(15)13(6-10(9)2)20(17,18)16-3-4-19-11(7-14)8-16/h5-6,11H,3-4,8,15H2,1-2H3. The number of aryl methyl sites for hydroxylation is 2. The number of hydrogen-bond acceptors (Lipinski definition) is 5. The van der Waals surface area contributed by atoms with Crippen molar-refractivity contribution in [3.63, 3.8) is 0 Å². The fourth-order valence-electron chi connectivity index (χ4n) is 2.10. The largest absolute Gasteiger partial charge is 0.398 e. The van der Waals surface area contributed by atoms with Crippen molar-refractivity contribution in [3.8, 4) is 6.07 Å². The van der Waals surface area contributed by atoms with Gasteiger partial charge in [-0.25, -0.2) is 8.42 Å². The molecule has 0 saturated carbocycles. The van der Waals surface area contributed by atoms with Crippen LogP contribution in [0.4, 0.5) is 5.69 Å². The van der Waals surface area contributed by atoms with E-state index in [4.69, 9.17) is 15.7 Å². The molecule has 6 nitrogen and oxygen atoms in total. The van der Waals surface area contributed by atoms with Crippen LogP contribution in [0.5, 0.6) is 0 Å². The third kappa shape index (κ3) is 2.63. The molecule has 0 aromatic heterocycles. The molecular formula is C13H17N3O3S. The number of sulfonamides is 1. The van der Waals surface area contributed by atoms with Gasteiger partial charge >= 0.3 is 0 Å². The number of hydrogen-bond donors (Lipinski definition) is 1. The first kappa shape index (κ1) is 14.8. The van der Waals surface area contributed by atoms with Gasteiger partial charge in [-0.2, -0.15) is 9.57 Å². The highest BCUT2D eigenvalue weighted by Crippen LogP contribution is 2.26. The Bertz CT molecular complexity index is 664.